The van der Waals surface area contributed by atoms with Crippen molar-refractivity contribution < 1.29 is 23.9 Å². The van der Waals surface area contributed by atoms with Crippen LogP contribution in [0.1, 0.15) is 29.8 Å². The van der Waals surface area contributed by atoms with Gasteiger partial charge in [0.2, 0.25) is 12.7 Å². The lowest BCUT2D eigenvalue weighted by Crippen LogP contribution is -2.44. The van der Waals surface area contributed by atoms with Crippen LogP contribution in [0.5, 0.6) is 11.5 Å². The molecule has 0 bridgehead atoms. The number of hydrogen-bond acceptors (Lipinski definition) is 6. The van der Waals surface area contributed by atoms with Crippen LogP contribution in [0.2, 0.25) is 0 Å². The van der Waals surface area contributed by atoms with Gasteiger partial charge >= 0.3 is 6.03 Å². The fourth-order valence-corrected chi connectivity index (χ4v) is 2.81. The van der Waals surface area contributed by atoms with E-state index >= 15 is 0 Å². The highest BCUT2D eigenvalue weighted by molar-refractivity contribution is 6.01. The van der Waals surface area contributed by atoms with Crippen molar-refractivity contribution >= 4 is 23.5 Å². The second kappa shape index (κ2) is 9.64. The predicted molar refractivity (Wildman–Crippen MR) is 110 cm³/mol. The number of carbonyl (C=O) groups excluding carboxylic acids is 3. The Balaban J connectivity index is 1.55. The number of amides is 4. The zero-order valence-corrected chi connectivity index (χ0v) is 16.8. The molecular weight excluding hydrogens is 388 g/mol. The summed E-state index contributed by atoms with van der Waals surface area (Å²) < 4.78 is 10.6. The quantitative estimate of drug-likeness (QED) is 0.553. The van der Waals surface area contributed by atoms with Crippen LogP contribution >= 0.6 is 0 Å². The maximum atomic E-state index is 12.6. The van der Waals surface area contributed by atoms with E-state index in [1.807, 2.05) is 12.1 Å². The normalized spacial score (nSPS) is 11.7. The minimum atomic E-state index is -0.563. The summed E-state index contributed by atoms with van der Waals surface area (Å²) >= 11 is 0. The number of hydrogen-bond donors (Lipinski definition) is 4. The van der Waals surface area contributed by atoms with Gasteiger partial charge in [-0.05, 0) is 43.7 Å². The molecule has 0 spiro atoms. The summed E-state index contributed by atoms with van der Waals surface area (Å²) in [6, 6.07) is 11.7. The second-order valence-electron chi connectivity index (χ2n) is 6.95. The highest BCUT2D eigenvalue weighted by atomic mass is 16.7. The molecule has 9 heteroatoms. The van der Waals surface area contributed by atoms with Gasteiger partial charge in [0.1, 0.15) is 0 Å². The van der Waals surface area contributed by atoms with Crippen LogP contribution in [-0.2, 0) is 11.3 Å². The highest BCUT2D eigenvalue weighted by Gasteiger charge is 2.15. The van der Waals surface area contributed by atoms with Gasteiger partial charge in [0.05, 0.1) is 12.1 Å². The number of carbonyl (C=O) groups is 3. The SMILES string of the molecule is CC(C)NC(=O)NC(=O)CNc1ccccc1C(=O)NCc1ccc2c(c1)OCO2. The van der Waals surface area contributed by atoms with E-state index in [4.69, 9.17) is 9.47 Å². The van der Waals surface area contributed by atoms with Crippen molar-refractivity contribution in [2.75, 3.05) is 18.7 Å². The lowest BCUT2D eigenvalue weighted by molar-refractivity contribution is -0.118. The average molecular weight is 412 g/mol. The monoisotopic (exact) mass is 412 g/mol. The Labute approximate surface area is 174 Å². The smallest absolute Gasteiger partial charge is 0.321 e. The first-order valence-corrected chi connectivity index (χ1v) is 9.52. The van der Waals surface area contributed by atoms with Crippen LogP contribution in [-0.4, -0.2) is 37.2 Å². The Morgan fingerprint density at radius 2 is 1.80 bits per heavy atom. The molecule has 30 heavy (non-hydrogen) atoms. The van der Waals surface area contributed by atoms with Crippen molar-refractivity contribution in [1.29, 1.82) is 0 Å². The zero-order valence-electron chi connectivity index (χ0n) is 16.8. The lowest BCUT2D eigenvalue weighted by Gasteiger charge is -2.13. The van der Waals surface area contributed by atoms with Gasteiger partial charge in [-0.15, -0.1) is 0 Å². The molecule has 0 aromatic heterocycles. The number of para-hydroxylation sites is 1. The zero-order chi connectivity index (χ0) is 21.5. The molecule has 0 atom stereocenters. The summed E-state index contributed by atoms with van der Waals surface area (Å²) in [6.07, 6.45) is 0. The molecule has 0 saturated heterocycles. The van der Waals surface area contributed by atoms with E-state index in [1.54, 1.807) is 44.2 Å². The van der Waals surface area contributed by atoms with Gasteiger partial charge in [0, 0.05) is 18.3 Å². The van der Waals surface area contributed by atoms with E-state index < -0.39 is 11.9 Å². The van der Waals surface area contributed by atoms with E-state index in [9.17, 15) is 14.4 Å². The van der Waals surface area contributed by atoms with Gasteiger partial charge in [-0.25, -0.2) is 4.79 Å². The molecule has 1 heterocycles. The Kier molecular flexibility index (Phi) is 6.74. The van der Waals surface area contributed by atoms with Crippen LogP contribution in [0.15, 0.2) is 42.5 Å². The van der Waals surface area contributed by atoms with E-state index in [1.165, 1.54) is 0 Å². The highest BCUT2D eigenvalue weighted by Crippen LogP contribution is 2.32. The van der Waals surface area contributed by atoms with Crippen LogP contribution in [0, 0.1) is 0 Å². The molecule has 9 nitrogen and oxygen atoms in total. The van der Waals surface area contributed by atoms with Crippen molar-refractivity contribution in [2.45, 2.75) is 26.4 Å². The van der Waals surface area contributed by atoms with Gasteiger partial charge in [-0.2, -0.15) is 0 Å². The van der Waals surface area contributed by atoms with Crippen LogP contribution in [0.4, 0.5) is 10.5 Å². The van der Waals surface area contributed by atoms with E-state index in [0.717, 1.165) is 5.56 Å². The number of ether oxygens (including phenoxy) is 2. The first kappa shape index (κ1) is 21.0. The number of imide groups is 1. The third-order valence-corrected chi connectivity index (χ3v) is 4.17. The molecule has 2 aromatic carbocycles. The molecular formula is C21H24N4O5. The Bertz CT molecular complexity index is 945. The second-order valence-corrected chi connectivity index (χ2v) is 6.95. The molecule has 3 rings (SSSR count). The first-order valence-electron chi connectivity index (χ1n) is 9.52. The maximum Gasteiger partial charge on any atom is 0.321 e. The average Bonchev–Trinajstić information content (AvgIpc) is 3.18. The summed E-state index contributed by atoms with van der Waals surface area (Å²) in [6.45, 7) is 3.93. The van der Waals surface area contributed by atoms with Crippen LogP contribution in [0.3, 0.4) is 0 Å². The fourth-order valence-electron chi connectivity index (χ4n) is 2.81. The predicted octanol–water partition coefficient (Wildman–Crippen LogP) is 1.99. The fraction of sp³-hybridized carbons (Fsp3) is 0.286. The summed E-state index contributed by atoms with van der Waals surface area (Å²) in [5, 5.41) is 10.5. The van der Waals surface area contributed by atoms with Crippen molar-refractivity contribution in [3.63, 3.8) is 0 Å². The molecule has 1 aliphatic rings. The molecule has 0 saturated carbocycles. The third-order valence-electron chi connectivity index (χ3n) is 4.17. The Morgan fingerprint density at radius 1 is 1.03 bits per heavy atom. The molecule has 2 aromatic rings. The van der Waals surface area contributed by atoms with E-state index in [0.29, 0.717) is 29.3 Å². The van der Waals surface area contributed by atoms with Crippen molar-refractivity contribution in [3.8, 4) is 11.5 Å². The number of anilines is 1. The number of urea groups is 1. The van der Waals surface area contributed by atoms with E-state index in [2.05, 4.69) is 21.3 Å². The largest absolute Gasteiger partial charge is 0.454 e. The van der Waals surface area contributed by atoms with Crippen LogP contribution < -0.4 is 30.7 Å². The molecule has 0 unspecified atom stereocenters. The maximum absolute atomic E-state index is 12.6. The lowest BCUT2D eigenvalue weighted by atomic mass is 10.1. The molecule has 158 valence electrons. The first-order chi connectivity index (χ1) is 14.4. The van der Waals surface area contributed by atoms with Gasteiger partial charge in [-0.1, -0.05) is 18.2 Å². The molecule has 4 amide bonds. The number of rotatable bonds is 7. The summed E-state index contributed by atoms with van der Waals surface area (Å²) in [5.41, 5.74) is 1.74. The van der Waals surface area contributed by atoms with E-state index in [-0.39, 0.29) is 25.3 Å². The van der Waals surface area contributed by atoms with Crippen molar-refractivity contribution in [1.82, 2.24) is 16.0 Å². The molecule has 1 aliphatic heterocycles. The van der Waals surface area contributed by atoms with Crippen molar-refractivity contribution in [3.05, 3.63) is 53.6 Å². The topological polar surface area (TPSA) is 118 Å². The van der Waals surface area contributed by atoms with Crippen molar-refractivity contribution in [2.24, 2.45) is 0 Å². The minimum absolute atomic E-state index is 0.0834. The number of fused-ring (bicyclic) bond motifs is 1. The Morgan fingerprint density at radius 3 is 2.60 bits per heavy atom. The minimum Gasteiger partial charge on any atom is -0.454 e. The number of benzene rings is 2. The number of nitrogens with one attached hydrogen (secondary N) is 4. The standard InChI is InChI=1S/C21H24N4O5/c1-13(2)24-21(28)25-19(26)11-22-16-6-4-3-5-15(16)20(27)23-10-14-7-8-17-18(9-14)30-12-29-17/h3-9,13,22H,10-12H2,1-2H3,(H,23,27)(H2,24,25,26,28). The van der Waals surface area contributed by atoms with Gasteiger partial charge in [0.15, 0.2) is 11.5 Å². The van der Waals surface area contributed by atoms with Gasteiger partial charge in [-0.3, -0.25) is 14.9 Å². The summed E-state index contributed by atoms with van der Waals surface area (Å²) in [7, 11) is 0. The van der Waals surface area contributed by atoms with Crippen LogP contribution in [0.25, 0.3) is 0 Å². The summed E-state index contributed by atoms with van der Waals surface area (Å²) in [4.78, 5) is 36.2. The molecule has 0 aliphatic carbocycles. The summed E-state index contributed by atoms with van der Waals surface area (Å²) in [5.74, 6) is 0.522. The van der Waals surface area contributed by atoms with Gasteiger partial charge in [0.25, 0.3) is 5.91 Å². The molecule has 0 radical (unpaired) electrons. The molecule has 0 fully saturated rings. The molecule has 4 N–H and O–H groups in total. The van der Waals surface area contributed by atoms with Gasteiger partial charge < -0.3 is 25.4 Å². The Hall–Kier alpha value is -3.75. The third kappa shape index (κ3) is 5.63.